The highest BCUT2D eigenvalue weighted by Crippen LogP contribution is 2.49. The van der Waals surface area contributed by atoms with Crippen molar-refractivity contribution in [2.45, 2.75) is 77.2 Å². The van der Waals surface area contributed by atoms with Crippen molar-refractivity contribution < 1.29 is 28.3 Å². The Kier molecular flexibility index (Phi) is 7.80. The Morgan fingerprint density at radius 3 is 2.36 bits per heavy atom. The van der Waals surface area contributed by atoms with E-state index in [1.807, 2.05) is 23.0 Å². The topological polar surface area (TPSA) is 107 Å². The molecule has 0 radical (unpaired) electrons. The zero-order valence-electron chi connectivity index (χ0n) is 24.9. The van der Waals surface area contributed by atoms with Gasteiger partial charge in [-0.05, 0) is 112 Å². The number of rotatable bonds is 9. The van der Waals surface area contributed by atoms with Gasteiger partial charge in [0.25, 0.3) is 0 Å². The van der Waals surface area contributed by atoms with Crippen molar-refractivity contribution in [1.82, 2.24) is 9.78 Å². The van der Waals surface area contributed by atoms with E-state index in [0.717, 1.165) is 66.3 Å². The van der Waals surface area contributed by atoms with E-state index in [9.17, 15) is 4.79 Å². The number of hydrogen-bond acceptors (Lipinski definition) is 7. The van der Waals surface area contributed by atoms with Gasteiger partial charge in [0.05, 0.1) is 22.9 Å². The molecule has 3 fully saturated rings. The van der Waals surface area contributed by atoms with Gasteiger partial charge >= 0.3 is 13.2 Å². The van der Waals surface area contributed by atoms with Crippen LogP contribution in [-0.4, -0.2) is 54.0 Å². The van der Waals surface area contributed by atoms with Gasteiger partial charge in [-0.3, -0.25) is 0 Å². The average Bonchev–Trinajstić information content (AvgIpc) is 3.66. The van der Waals surface area contributed by atoms with Crippen LogP contribution in [0.4, 0.5) is 4.79 Å². The Morgan fingerprint density at radius 2 is 1.71 bits per heavy atom. The molecule has 2 aliphatic heterocycles. The van der Waals surface area contributed by atoms with Crippen LogP contribution >= 0.6 is 0 Å². The molecule has 42 heavy (non-hydrogen) atoms. The summed E-state index contributed by atoms with van der Waals surface area (Å²) in [5, 5.41) is 5.80. The normalized spacial score (nSPS) is 22.2. The molecule has 222 valence electrons. The van der Waals surface area contributed by atoms with Crippen molar-refractivity contribution in [3.05, 3.63) is 65.3 Å². The fraction of sp³-hybridized carbons (Fsp3) is 0.500. The van der Waals surface area contributed by atoms with Crippen molar-refractivity contribution in [1.29, 1.82) is 0 Å². The third-order valence-corrected chi connectivity index (χ3v) is 8.87. The molecule has 10 heteroatoms. The summed E-state index contributed by atoms with van der Waals surface area (Å²) in [6, 6.07) is 14.6. The van der Waals surface area contributed by atoms with Crippen molar-refractivity contribution in [2.75, 3.05) is 19.8 Å². The Labute approximate surface area is 247 Å². The number of fused-ring (bicyclic) bond motifs is 1. The van der Waals surface area contributed by atoms with Crippen LogP contribution in [-0.2, 0) is 18.8 Å². The number of hydrogen-bond donors (Lipinski definition) is 1. The number of amides is 1. The molecule has 3 aliphatic rings. The van der Waals surface area contributed by atoms with Crippen molar-refractivity contribution >= 4 is 29.7 Å². The number of allylic oxidation sites excluding steroid dienone is 1. The first-order valence-electron chi connectivity index (χ1n) is 15.0. The summed E-state index contributed by atoms with van der Waals surface area (Å²) in [5.41, 5.74) is 9.65. The van der Waals surface area contributed by atoms with Gasteiger partial charge in [0.2, 0.25) is 0 Å². The molecular formula is C32H40BN3O6. The molecule has 9 nitrogen and oxygen atoms in total. The predicted octanol–water partition coefficient (Wildman–Crippen LogP) is 6.05. The van der Waals surface area contributed by atoms with Crippen LogP contribution in [0.2, 0.25) is 0 Å². The zero-order chi connectivity index (χ0) is 29.5. The van der Waals surface area contributed by atoms with Crippen LogP contribution in [0.25, 0.3) is 16.5 Å². The summed E-state index contributed by atoms with van der Waals surface area (Å²) in [6.45, 7) is 9.47. The fourth-order valence-electron chi connectivity index (χ4n) is 5.75. The summed E-state index contributed by atoms with van der Waals surface area (Å²) in [5.74, 6) is 1.06. The Morgan fingerprint density at radius 1 is 1.00 bits per heavy atom. The highest BCUT2D eigenvalue weighted by atomic mass is 16.7. The summed E-state index contributed by atoms with van der Waals surface area (Å²) in [7, 11) is -0.451. The number of carbonyl (C=O) groups excluding carboxylic acids is 1. The zero-order valence-corrected chi connectivity index (χ0v) is 24.9. The smallest absolute Gasteiger partial charge is 0.490 e. The van der Waals surface area contributed by atoms with E-state index in [1.54, 1.807) is 0 Å². The number of ether oxygens (including phenoxy) is 3. The standard InChI is InChI=1S/C32H40BN3O6/c1-31(2)32(3,4)42-33(41-31)29(22-8-9-22)28(21-10-13-25(14-11-21)38-17-18-40-30(34)37)23-12-15-26-24(19-23)20-35-36(26)27-7-5-6-16-39-27/h10-15,19-20,22,27H,5-9,16-18H2,1-4H3,(H2,34,37). The lowest BCUT2D eigenvalue weighted by Crippen LogP contribution is -2.41. The molecule has 1 unspecified atom stereocenters. The monoisotopic (exact) mass is 573 g/mol. The highest BCUT2D eigenvalue weighted by molar-refractivity contribution is 6.57. The lowest BCUT2D eigenvalue weighted by molar-refractivity contribution is -0.0366. The van der Waals surface area contributed by atoms with Crippen LogP contribution in [0.3, 0.4) is 0 Å². The van der Waals surface area contributed by atoms with Crippen LogP contribution in [0.5, 0.6) is 5.75 Å². The van der Waals surface area contributed by atoms with Gasteiger partial charge in [0, 0.05) is 12.0 Å². The number of nitrogens with two attached hydrogens (primary N) is 1. The second-order valence-electron chi connectivity index (χ2n) is 12.4. The Balaban J connectivity index is 1.40. The van der Waals surface area contributed by atoms with Gasteiger partial charge in [-0.15, -0.1) is 0 Å². The maximum atomic E-state index is 10.8. The van der Waals surface area contributed by atoms with E-state index in [4.69, 9.17) is 34.4 Å². The molecule has 1 aromatic heterocycles. The number of primary amides is 1. The molecule has 0 spiro atoms. The van der Waals surface area contributed by atoms with Gasteiger partial charge in [0.15, 0.2) is 6.23 Å². The largest absolute Gasteiger partial charge is 0.491 e. The minimum absolute atomic E-state index is 0.0233. The van der Waals surface area contributed by atoms with E-state index < -0.39 is 24.4 Å². The van der Waals surface area contributed by atoms with Gasteiger partial charge < -0.3 is 29.3 Å². The van der Waals surface area contributed by atoms with E-state index in [-0.39, 0.29) is 19.4 Å². The summed E-state index contributed by atoms with van der Waals surface area (Å²) in [4.78, 5) is 10.8. The molecule has 2 aromatic carbocycles. The van der Waals surface area contributed by atoms with Crippen LogP contribution < -0.4 is 10.5 Å². The van der Waals surface area contributed by atoms with Gasteiger partial charge in [-0.2, -0.15) is 5.10 Å². The number of carbonyl (C=O) groups is 1. The van der Waals surface area contributed by atoms with E-state index in [1.165, 1.54) is 5.47 Å². The van der Waals surface area contributed by atoms with Gasteiger partial charge in [0.1, 0.15) is 19.0 Å². The van der Waals surface area contributed by atoms with Crippen LogP contribution in [0, 0.1) is 5.92 Å². The molecule has 1 atom stereocenters. The minimum Gasteiger partial charge on any atom is -0.490 e. The third kappa shape index (κ3) is 5.80. The maximum Gasteiger partial charge on any atom is 0.491 e. The second-order valence-corrected chi connectivity index (χ2v) is 12.4. The molecule has 0 bridgehead atoms. The van der Waals surface area contributed by atoms with E-state index in [2.05, 4.69) is 58.0 Å². The van der Waals surface area contributed by atoms with Crippen LogP contribution in [0.1, 0.15) is 77.2 Å². The van der Waals surface area contributed by atoms with Crippen LogP contribution in [0.15, 0.2) is 54.1 Å². The minimum atomic E-state index is -0.812. The maximum absolute atomic E-state index is 10.8. The highest BCUT2D eigenvalue weighted by Gasteiger charge is 2.55. The molecule has 3 aromatic rings. The first-order chi connectivity index (χ1) is 20.1. The first kappa shape index (κ1) is 28.8. The van der Waals surface area contributed by atoms with Crippen molar-refractivity contribution in [3.8, 4) is 5.75 Å². The van der Waals surface area contributed by atoms with Gasteiger partial charge in [-0.1, -0.05) is 18.2 Å². The fourth-order valence-corrected chi connectivity index (χ4v) is 5.75. The summed E-state index contributed by atoms with van der Waals surface area (Å²) < 4.78 is 31.9. The SMILES string of the molecule is CC1(C)OB(C(=C(c2ccc(OCCOC(N)=O)cc2)c2ccc3c(cnn3C3CCCCO3)c2)C2CC2)OC1(C)C. The predicted molar refractivity (Wildman–Crippen MR) is 161 cm³/mol. The van der Waals surface area contributed by atoms with E-state index >= 15 is 0 Å². The summed E-state index contributed by atoms with van der Waals surface area (Å²) >= 11 is 0. The number of aromatic nitrogens is 2. The quantitative estimate of drug-likeness (QED) is 0.245. The lowest BCUT2D eigenvalue weighted by atomic mass is 9.69. The average molecular weight is 573 g/mol. The van der Waals surface area contributed by atoms with Crippen molar-refractivity contribution in [2.24, 2.45) is 11.7 Å². The van der Waals surface area contributed by atoms with Gasteiger partial charge in [-0.25, -0.2) is 9.48 Å². The molecule has 1 amide bonds. The van der Waals surface area contributed by atoms with E-state index in [0.29, 0.717) is 11.7 Å². The third-order valence-electron chi connectivity index (χ3n) is 8.87. The molecule has 1 aliphatic carbocycles. The molecule has 2 N–H and O–H groups in total. The summed E-state index contributed by atoms with van der Waals surface area (Å²) in [6.07, 6.45) is 6.52. The Bertz CT molecular complexity index is 1460. The van der Waals surface area contributed by atoms with Crippen molar-refractivity contribution in [3.63, 3.8) is 0 Å². The number of nitrogens with zero attached hydrogens (tertiary/aromatic N) is 2. The first-order valence-corrected chi connectivity index (χ1v) is 15.0. The lowest BCUT2D eigenvalue weighted by Gasteiger charge is -2.32. The molecule has 6 rings (SSSR count). The molecular weight excluding hydrogens is 533 g/mol. The molecule has 2 saturated heterocycles. The second kappa shape index (κ2) is 11.4. The Hall–Kier alpha value is -3.34. The molecule has 3 heterocycles. The number of benzene rings is 2. The molecule has 1 saturated carbocycles.